The van der Waals surface area contributed by atoms with E-state index in [9.17, 15) is 13.2 Å². The van der Waals surface area contributed by atoms with Crippen LogP contribution in [0.4, 0.5) is 0 Å². The first-order valence-corrected chi connectivity index (χ1v) is 7.67. The van der Waals surface area contributed by atoms with Gasteiger partial charge in [-0.1, -0.05) is 15.9 Å². The van der Waals surface area contributed by atoms with E-state index in [0.717, 1.165) is 0 Å². The number of hydrogen-bond donors (Lipinski definition) is 1. The minimum Gasteiger partial charge on any atom is -0.495 e. The standard InChI is InChI=1S/C11H14BrNO5S/c1-3-18-11(14)7-13-19(15,16)10-6-8(12)4-5-9(10)17-2/h4-6,13H,3,7H2,1-2H3. The van der Waals surface area contributed by atoms with Gasteiger partial charge < -0.3 is 9.47 Å². The van der Waals surface area contributed by atoms with Crippen molar-refractivity contribution in [2.24, 2.45) is 0 Å². The molecule has 0 aliphatic rings. The first kappa shape index (κ1) is 15.9. The molecule has 0 spiro atoms. The fourth-order valence-corrected chi connectivity index (χ4v) is 2.98. The number of rotatable bonds is 6. The Morgan fingerprint density at radius 1 is 1.42 bits per heavy atom. The summed E-state index contributed by atoms with van der Waals surface area (Å²) in [6, 6.07) is 4.57. The molecule has 0 saturated carbocycles. The van der Waals surface area contributed by atoms with Crippen LogP contribution in [0.5, 0.6) is 5.75 Å². The molecule has 0 amide bonds. The first-order valence-electron chi connectivity index (χ1n) is 5.39. The average Bonchev–Trinajstić information content (AvgIpc) is 2.37. The van der Waals surface area contributed by atoms with Gasteiger partial charge in [0.25, 0.3) is 0 Å². The van der Waals surface area contributed by atoms with Crippen molar-refractivity contribution in [3.05, 3.63) is 22.7 Å². The monoisotopic (exact) mass is 351 g/mol. The Kier molecular flexibility index (Phi) is 5.77. The Hall–Kier alpha value is -1.12. The lowest BCUT2D eigenvalue weighted by Gasteiger charge is -2.10. The second kappa shape index (κ2) is 6.88. The van der Waals surface area contributed by atoms with Gasteiger partial charge in [-0.3, -0.25) is 4.79 Å². The maximum absolute atomic E-state index is 12.1. The van der Waals surface area contributed by atoms with Crippen LogP contribution in [-0.4, -0.2) is 34.6 Å². The van der Waals surface area contributed by atoms with Crippen molar-refractivity contribution in [3.63, 3.8) is 0 Å². The van der Waals surface area contributed by atoms with Crippen molar-refractivity contribution in [2.45, 2.75) is 11.8 Å². The molecule has 0 aromatic heterocycles. The third-order valence-electron chi connectivity index (χ3n) is 2.13. The molecule has 19 heavy (non-hydrogen) atoms. The summed E-state index contributed by atoms with van der Waals surface area (Å²) >= 11 is 3.18. The molecule has 0 heterocycles. The lowest BCUT2D eigenvalue weighted by Crippen LogP contribution is -2.31. The van der Waals surface area contributed by atoms with E-state index in [1.54, 1.807) is 13.0 Å². The molecule has 1 N–H and O–H groups in total. The van der Waals surface area contributed by atoms with Gasteiger partial charge >= 0.3 is 5.97 Å². The Morgan fingerprint density at radius 2 is 2.11 bits per heavy atom. The van der Waals surface area contributed by atoms with E-state index in [1.165, 1.54) is 19.2 Å². The van der Waals surface area contributed by atoms with E-state index in [4.69, 9.17) is 4.74 Å². The summed E-state index contributed by atoms with van der Waals surface area (Å²) in [5, 5.41) is 0. The predicted molar refractivity (Wildman–Crippen MR) is 72.5 cm³/mol. The predicted octanol–water partition coefficient (Wildman–Crippen LogP) is 1.30. The minimum absolute atomic E-state index is 0.0475. The molecule has 1 aromatic rings. The SMILES string of the molecule is CCOC(=O)CNS(=O)(=O)c1cc(Br)ccc1OC. The lowest BCUT2D eigenvalue weighted by molar-refractivity contribution is -0.141. The van der Waals surface area contributed by atoms with Gasteiger partial charge in [0.15, 0.2) is 0 Å². The Morgan fingerprint density at radius 3 is 2.68 bits per heavy atom. The molecule has 0 fully saturated rings. The number of carbonyl (C=O) groups is 1. The quantitative estimate of drug-likeness (QED) is 0.781. The molecule has 0 bridgehead atoms. The second-order valence-electron chi connectivity index (χ2n) is 3.42. The molecule has 1 rings (SSSR count). The summed E-state index contributed by atoms with van der Waals surface area (Å²) in [5.74, 6) is -0.445. The highest BCUT2D eigenvalue weighted by atomic mass is 79.9. The third-order valence-corrected chi connectivity index (χ3v) is 4.04. The molecular weight excluding hydrogens is 338 g/mol. The third kappa shape index (κ3) is 4.48. The Labute approximate surface area is 120 Å². The smallest absolute Gasteiger partial charge is 0.321 e. The van der Waals surface area contributed by atoms with E-state index < -0.39 is 22.5 Å². The van der Waals surface area contributed by atoms with Crippen LogP contribution in [0.25, 0.3) is 0 Å². The summed E-state index contributed by atoms with van der Waals surface area (Å²) in [7, 11) is -2.48. The summed E-state index contributed by atoms with van der Waals surface area (Å²) in [4.78, 5) is 11.1. The largest absolute Gasteiger partial charge is 0.495 e. The van der Waals surface area contributed by atoms with Crippen molar-refractivity contribution < 1.29 is 22.7 Å². The van der Waals surface area contributed by atoms with Crippen LogP contribution in [-0.2, 0) is 19.6 Å². The van der Waals surface area contributed by atoms with Crippen molar-refractivity contribution in [1.82, 2.24) is 4.72 Å². The van der Waals surface area contributed by atoms with Crippen LogP contribution in [0.15, 0.2) is 27.6 Å². The Bertz CT molecular complexity index is 558. The molecule has 0 radical (unpaired) electrons. The number of sulfonamides is 1. The number of hydrogen-bond acceptors (Lipinski definition) is 5. The summed E-state index contributed by atoms with van der Waals surface area (Å²) in [5.41, 5.74) is 0. The van der Waals surface area contributed by atoms with E-state index in [-0.39, 0.29) is 17.3 Å². The average molecular weight is 352 g/mol. The zero-order valence-electron chi connectivity index (χ0n) is 10.5. The van der Waals surface area contributed by atoms with Gasteiger partial charge in [-0.05, 0) is 25.1 Å². The van der Waals surface area contributed by atoms with Gasteiger partial charge in [0.2, 0.25) is 10.0 Å². The zero-order chi connectivity index (χ0) is 14.5. The molecule has 8 heteroatoms. The topological polar surface area (TPSA) is 81.7 Å². The van der Waals surface area contributed by atoms with Crippen LogP contribution >= 0.6 is 15.9 Å². The molecule has 0 unspecified atom stereocenters. The van der Waals surface area contributed by atoms with Crippen LogP contribution in [0.3, 0.4) is 0 Å². The van der Waals surface area contributed by atoms with Gasteiger partial charge in [0.1, 0.15) is 17.2 Å². The molecule has 0 aliphatic carbocycles. The van der Waals surface area contributed by atoms with Gasteiger partial charge in [-0.2, -0.15) is 4.72 Å². The van der Waals surface area contributed by atoms with Crippen LogP contribution in [0.2, 0.25) is 0 Å². The molecule has 6 nitrogen and oxygen atoms in total. The molecule has 1 aromatic carbocycles. The lowest BCUT2D eigenvalue weighted by atomic mass is 10.3. The second-order valence-corrected chi connectivity index (χ2v) is 6.08. The highest BCUT2D eigenvalue weighted by Crippen LogP contribution is 2.26. The van der Waals surface area contributed by atoms with Crippen LogP contribution < -0.4 is 9.46 Å². The fraction of sp³-hybridized carbons (Fsp3) is 0.364. The molecule has 0 aliphatic heterocycles. The molecule has 0 atom stereocenters. The van der Waals surface area contributed by atoms with E-state index in [1.807, 2.05) is 0 Å². The fourth-order valence-electron chi connectivity index (χ4n) is 1.30. The van der Waals surface area contributed by atoms with Gasteiger partial charge in [0.05, 0.1) is 13.7 Å². The van der Waals surface area contributed by atoms with E-state index in [0.29, 0.717) is 4.47 Å². The maximum Gasteiger partial charge on any atom is 0.321 e. The number of carbonyl (C=O) groups excluding carboxylic acids is 1. The number of halogens is 1. The van der Waals surface area contributed by atoms with Gasteiger partial charge in [0, 0.05) is 4.47 Å². The van der Waals surface area contributed by atoms with Gasteiger partial charge in [-0.15, -0.1) is 0 Å². The van der Waals surface area contributed by atoms with Crippen molar-refractivity contribution in [1.29, 1.82) is 0 Å². The Balaban J connectivity index is 2.94. The van der Waals surface area contributed by atoms with E-state index >= 15 is 0 Å². The van der Waals surface area contributed by atoms with Crippen LogP contribution in [0.1, 0.15) is 6.92 Å². The normalized spacial score (nSPS) is 11.1. The van der Waals surface area contributed by atoms with Crippen LogP contribution in [0, 0.1) is 0 Å². The van der Waals surface area contributed by atoms with Crippen molar-refractivity contribution in [2.75, 3.05) is 20.3 Å². The molecular formula is C11H14BrNO5S. The van der Waals surface area contributed by atoms with Crippen molar-refractivity contribution in [3.8, 4) is 5.75 Å². The summed E-state index contributed by atoms with van der Waals surface area (Å²) < 4.78 is 36.5. The number of esters is 1. The maximum atomic E-state index is 12.1. The molecule has 106 valence electrons. The van der Waals surface area contributed by atoms with Crippen molar-refractivity contribution >= 4 is 31.9 Å². The van der Waals surface area contributed by atoms with E-state index in [2.05, 4.69) is 25.4 Å². The van der Waals surface area contributed by atoms with Gasteiger partial charge in [-0.25, -0.2) is 8.42 Å². The minimum atomic E-state index is -3.84. The highest BCUT2D eigenvalue weighted by Gasteiger charge is 2.21. The summed E-state index contributed by atoms with van der Waals surface area (Å²) in [6.45, 7) is 1.41. The highest BCUT2D eigenvalue weighted by molar-refractivity contribution is 9.10. The number of benzene rings is 1. The number of ether oxygens (including phenoxy) is 2. The first-order chi connectivity index (χ1) is 8.90. The molecule has 0 saturated heterocycles. The number of methoxy groups -OCH3 is 1. The number of nitrogens with one attached hydrogen (secondary N) is 1. The summed E-state index contributed by atoms with van der Waals surface area (Å²) in [6.07, 6.45) is 0. The zero-order valence-corrected chi connectivity index (χ0v) is 12.9.